The van der Waals surface area contributed by atoms with Gasteiger partial charge in [-0.05, 0) is 37.3 Å². The molecule has 3 aromatic rings. The Hall–Kier alpha value is -2.53. The van der Waals surface area contributed by atoms with E-state index in [1.165, 1.54) is 0 Å². The molecule has 0 aliphatic carbocycles. The standard InChI is InChI=1S/C18H16N2O2S/c1-12(21)13-5-6-17(22-2)15(8-13)9-18-20-16(11-23-18)14-4-3-7-19-10-14/h3-8,10-11H,9H2,1-2H3. The molecule has 0 aliphatic rings. The van der Waals surface area contributed by atoms with Crippen LogP contribution >= 0.6 is 11.3 Å². The number of methoxy groups -OCH3 is 1. The summed E-state index contributed by atoms with van der Waals surface area (Å²) >= 11 is 1.59. The van der Waals surface area contributed by atoms with E-state index in [-0.39, 0.29) is 5.78 Å². The van der Waals surface area contributed by atoms with Crippen molar-refractivity contribution in [1.29, 1.82) is 0 Å². The molecule has 0 atom stereocenters. The van der Waals surface area contributed by atoms with Crippen LogP contribution in [0.5, 0.6) is 5.75 Å². The van der Waals surface area contributed by atoms with Crippen molar-refractivity contribution in [2.45, 2.75) is 13.3 Å². The lowest BCUT2D eigenvalue weighted by molar-refractivity contribution is 0.101. The van der Waals surface area contributed by atoms with Gasteiger partial charge in [0, 0.05) is 40.9 Å². The number of aromatic nitrogens is 2. The molecule has 5 heteroatoms. The second-order valence-electron chi connectivity index (χ2n) is 5.13. The van der Waals surface area contributed by atoms with Crippen molar-refractivity contribution in [3.8, 4) is 17.0 Å². The molecule has 116 valence electrons. The smallest absolute Gasteiger partial charge is 0.159 e. The molecule has 0 fully saturated rings. The first-order valence-electron chi connectivity index (χ1n) is 7.20. The predicted octanol–water partition coefficient (Wildman–Crippen LogP) is 4.01. The number of ether oxygens (including phenoxy) is 1. The number of carbonyl (C=O) groups is 1. The summed E-state index contributed by atoms with van der Waals surface area (Å²) < 4.78 is 5.40. The lowest BCUT2D eigenvalue weighted by Crippen LogP contribution is -1.98. The van der Waals surface area contributed by atoms with Crippen LogP contribution in [0, 0.1) is 0 Å². The van der Waals surface area contributed by atoms with E-state index in [0.29, 0.717) is 12.0 Å². The van der Waals surface area contributed by atoms with Crippen LogP contribution in [0.4, 0.5) is 0 Å². The van der Waals surface area contributed by atoms with E-state index in [2.05, 4.69) is 9.97 Å². The lowest BCUT2D eigenvalue weighted by Gasteiger charge is -2.08. The number of carbonyl (C=O) groups excluding carboxylic acids is 1. The Morgan fingerprint density at radius 3 is 2.87 bits per heavy atom. The van der Waals surface area contributed by atoms with E-state index in [9.17, 15) is 4.79 Å². The Labute approximate surface area is 138 Å². The van der Waals surface area contributed by atoms with E-state index in [1.54, 1.807) is 43.8 Å². The van der Waals surface area contributed by atoms with Gasteiger partial charge in [-0.25, -0.2) is 4.98 Å². The average Bonchev–Trinajstić information content (AvgIpc) is 3.04. The van der Waals surface area contributed by atoms with E-state index in [1.807, 2.05) is 29.6 Å². The summed E-state index contributed by atoms with van der Waals surface area (Å²) in [5, 5.41) is 3.00. The minimum Gasteiger partial charge on any atom is -0.496 e. The molecule has 0 aliphatic heterocycles. The first-order chi connectivity index (χ1) is 11.2. The van der Waals surface area contributed by atoms with Crippen molar-refractivity contribution in [3.63, 3.8) is 0 Å². The minimum absolute atomic E-state index is 0.0455. The second-order valence-corrected chi connectivity index (χ2v) is 6.07. The third-order valence-corrected chi connectivity index (χ3v) is 4.39. The van der Waals surface area contributed by atoms with Gasteiger partial charge >= 0.3 is 0 Å². The summed E-state index contributed by atoms with van der Waals surface area (Å²) in [4.78, 5) is 20.4. The SMILES string of the molecule is COc1ccc(C(C)=O)cc1Cc1nc(-c2cccnc2)cs1. The summed E-state index contributed by atoms with van der Waals surface area (Å²) in [7, 11) is 1.63. The summed E-state index contributed by atoms with van der Waals surface area (Å²) in [6.07, 6.45) is 4.18. The molecule has 2 aromatic heterocycles. The Bertz CT molecular complexity index is 828. The van der Waals surface area contributed by atoms with Crippen molar-refractivity contribution in [2.75, 3.05) is 7.11 Å². The first kappa shape index (κ1) is 15.4. The Morgan fingerprint density at radius 1 is 1.30 bits per heavy atom. The highest BCUT2D eigenvalue weighted by atomic mass is 32.1. The van der Waals surface area contributed by atoms with E-state index >= 15 is 0 Å². The van der Waals surface area contributed by atoms with E-state index < -0.39 is 0 Å². The van der Waals surface area contributed by atoms with Gasteiger partial charge in [0.15, 0.2) is 5.78 Å². The fourth-order valence-corrected chi connectivity index (χ4v) is 3.16. The van der Waals surface area contributed by atoms with Crippen LogP contribution in [0.1, 0.15) is 27.9 Å². The number of nitrogens with zero attached hydrogens (tertiary/aromatic N) is 2. The Balaban J connectivity index is 1.89. The number of ketones is 1. The normalized spacial score (nSPS) is 10.5. The van der Waals surface area contributed by atoms with E-state index in [0.717, 1.165) is 27.6 Å². The lowest BCUT2D eigenvalue weighted by atomic mass is 10.0. The fourth-order valence-electron chi connectivity index (χ4n) is 2.34. The molecule has 0 N–H and O–H groups in total. The minimum atomic E-state index is 0.0455. The quantitative estimate of drug-likeness (QED) is 0.666. The van der Waals surface area contributed by atoms with Gasteiger partial charge in [0.25, 0.3) is 0 Å². The van der Waals surface area contributed by atoms with Gasteiger partial charge in [0.2, 0.25) is 0 Å². The number of pyridine rings is 1. The number of hydrogen-bond acceptors (Lipinski definition) is 5. The van der Waals surface area contributed by atoms with Crippen LogP contribution in [0.3, 0.4) is 0 Å². The Morgan fingerprint density at radius 2 is 2.17 bits per heavy atom. The predicted molar refractivity (Wildman–Crippen MR) is 91.1 cm³/mol. The average molecular weight is 324 g/mol. The molecular formula is C18H16N2O2S. The summed E-state index contributed by atoms with van der Waals surface area (Å²) in [6.45, 7) is 1.56. The molecule has 3 rings (SSSR count). The van der Waals surface area contributed by atoms with Gasteiger partial charge in [-0.3, -0.25) is 9.78 Å². The van der Waals surface area contributed by atoms with Gasteiger partial charge in [0.1, 0.15) is 5.75 Å². The third kappa shape index (κ3) is 3.46. The molecule has 0 saturated carbocycles. The highest BCUT2D eigenvalue weighted by Crippen LogP contribution is 2.27. The summed E-state index contributed by atoms with van der Waals surface area (Å²) in [5.74, 6) is 0.817. The molecule has 0 amide bonds. The number of thiazole rings is 1. The molecule has 1 aromatic carbocycles. The monoisotopic (exact) mass is 324 g/mol. The maximum atomic E-state index is 11.6. The van der Waals surface area contributed by atoms with Crippen LogP contribution in [-0.4, -0.2) is 22.9 Å². The highest BCUT2D eigenvalue weighted by Gasteiger charge is 2.11. The van der Waals surface area contributed by atoms with Crippen molar-refractivity contribution in [1.82, 2.24) is 9.97 Å². The van der Waals surface area contributed by atoms with Crippen molar-refractivity contribution in [2.24, 2.45) is 0 Å². The summed E-state index contributed by atoms with van der Waals surface area (Å²) in [5.41, 5.74) is 3.57. The van der Waals surface area contributed by atoms with Crippen LogP contribution < -0.4 is 4.74 Å². The van der Waals surface area contributed by atoms with Gasteiger partial charge in [-0.2, -0.15) is 0 Å². The zero-order chi connectivity index (χ0) is 16.2. The van der Waals surface area contributed by atoms with Gasteiger partial charge in [0.05, 0.1) is 17.8 Å². The maximum absolute atomic E-state index is 11.6. The van der Waals surface area contributed by atoms with Crippen molar-refractivity contribution < 1.29 is 9.53 Å². The fraction of sp³-hybridized carbons (Fsp3) is 0.167. The molecule has 4 nitrogen and oxygen atoms in total. The number of hydrogen-bond donors (Lipinski definition) is 0. The second kappa shape index (κ2) is 6.71. The van der Waals surface area contributed by atoms with Crippen molar-refractivity contribution in [3.05, 3.63) is 64.2 Å². The zero-order valence-corrected chi connectivity index (χ0v) is 13.8. The molecule has 0 unspecified atom stereocenters. The van der Waals surface area contributed by atoms with E-state index in [4.69, 9.17) is 4.74 Å². The molecular weight excluding hydrogens is 308 g/mol. The zero-order valence-electron chi connectivity index (χ0n) is 12.9. The van der Waals surface area contributed by atoms with Crippen LogP contribution in [0.2, 0.25) is 0 Å². The first-order valence-corrected chi connectivity index (χ1v) is 8.08. The molecule has 0 bridgehead atoms. The van der Waals surface area contributed by atoms with Crippen molar-refractivity contribution >= 4 is 17.1 Å². The van der Waals surface area contributed by atoms with Gasteiger partial charge in [-0.1, -0.05) is 0 Å². The van der Waals surface area contributed by atoms with Gasteiger partial charge in [-0.15, -0.1) is 11.3 Å². The number of Topliss-reactive ketones (excluding diaryl/α,β-unsaturated/α-hetero) is 1. The molecule has 23 heavy (non-hydrogen) atoms. The van der Waals surface area contributed by atoms with Gasteiger partial charge < -0.3 is 4.74 Å². The summed E-state index contributed by atoms with van der Waals surface area (Å²) in [6, 6.07) is 9.39. The highest BCUT2D eigenvalue weighted by molar-refractivity contribution is 7.10. The molecule has 0 saturated heterocycles. The van der Waals surface area contributed by atoms with Crippen LogP contribution in [0.15, 0.2) is 48.1 Å². The third-order valence-electron chi connectivity index (χ3n) is 3.54. The largest absolute Gasteiger partial charge is 0.496 e. The topological polar surface area (TPSA) is 52.1 Å². The molecule has 0 radical (unpaired) electrons. The maximum Gasteiger partial charge on any atom is 0.159 e. The van der Waals surface area contributed by atoms with Crippen LogP contribution in [-0.2, 0) is 6.42 Å². The molecule has 0 spiro atoms. The van der Waals surface area contributed by atoms with Crippen LogP contribution in [0.25, 0.3) is 11.3 Å². The Kier molecular flexibility index (Phi) is 4.48. The number of benzene rings is 1. The number of rotatable bonds is 5. The molecule has 2 heterocycles.